The molecule has 0 N–H and O–H groups in total. The molecule has 2 aliphatic rings. The summed E-state index contributed by atoms with van der Waals surface area (Å²) in [6.07, 6.45) is 3.22. The average Bonchev–Trinajstić information content (AvgIpc) is 3.25. The van der Waals surface area contributed by atoms with Gasteiger partial charge in [-0.1, -0.05) is 6.07 Å². The summed E-state index contributed by atoms with van der Waals surface area (Å²) in [7, 11) is 0. The van der Waals surface area contributed by atoms with Crippen LogP contribution < -0.4 is 4.74 Å². The van der Waals surface area contributed by atoms with Crippen LogP contribution in [0.3, 0.4) is 0 Å². The van der Waals surface area contributed by atoms with E-state index in [4.69, 9.17) is 4.74 Å². The van der Waals surface area contributed by atoms with Gasteiger partial charge in [-0.2, -0.15) is 15.3 Å². The molecule has 0 fully saturated rings. The van der Waals surface area contributed by atoms with Crippen LogP contribution in [0.4, 0.5) is 8.78 Å². The van der Waals surface area contributed by atoms with Gasteiger partial charge >= 0.3 is 0 Å². The van der Waals surface area contributed by atoms with Gasteiger partial charge in [-0.15, -0.1) is 0 Å². The molecule has 2 aromatic carbocycles. The number of benzene rings is 2. The monoisotopic (exact) mass is 444 g/mol. The molecule has 164 valence electrons. The van der Waals surface area contributed by atoms with Gasteiger partial charge in [0.25, 0.3) is 0 Å². The molecule has 0 saturated carbocycles. The smallest absolute Gasteiger partial charge is 0.169 e. The van der Waals surface area contributed by atoms with Crippen LogP contribution in [0.1, 0.15) is 12.6 Å². The summed E-state index contributed by atoms with van der Waals surface area (Å²) in [6.45, 7) is 2.92. The van der Waals surface area contributed by atoms with Crippen molar-refractivity contribution >= 4 is 0 Å². The molecule has 7 nitrogen and oxygen atoms in total. The zero-order valence-electron chi connectivity index (χ0n) is 17.6. The van der Waals surface area contributed by atoms with E-state index in [-0.39, 0.29) is 11.4 Å². The zero-order chi connectivity index (χ0) is 22.8. The molecule has 0 unspecified atom stereocenters. The van der Waals surface area contributed by atoms with E-state index < -0.39 is 11.6 Å². The summed E-state index contributed by atoms with van der Waals surface area (Å²) in [5.41, 5.74) is 3.41. The van der Waals surface area contributed by atoms with Crippen molar-refractivity contribution in [2.75, 3.05) is 6.61 Å². The Kier molecular flexibility index (Phi) is 5.43. The van der Waals surface area contributed by atoms with Crippen molar-refractivity contribution < 1.29 is 13.5 Å². The van der Waals surface area contributed by atoms with Gasteiger partial charge in [-0.3, -0.25) is 4.68 Å². The molecule has 0 atom stereocenters. The first kappa shape index (κ1) is 20.6. The van der Waals surface area contributed by atoms with Gasteiger partial charge in [-0.05, 0) is 55.5 Å². The van der Waals surface area contributed by atoms with Crippen molar-refractivity contribution in [1.29, 1.82) is 0 Å². The highest BCUT2D eigenvalue weighted by Crippen LogP contribution is 2.27. The molecular formula is C24H18F2N6O. The minimum atomic E-state index is -0.975. The first-order chi connectivity index (χ1) is 16.1. The van der Waals surface area contributed by atoms with Crippen molar-refractivity contribution in [2.24, 2.45) is 0 Å². The fourth-order valence-corrected chi connectivity index (χ4v) is 3.40. The maximum Gasteiger partial charge on any atom is 0.169 e. The molecule has 0 spiro atoms. The second kappa shape index (κ2) is 8.70. The minimum Gasteiger partial charge on any atom is -0.494 e. The van der Waals surface area contributed by atoms with Gasteiger partial charge in [0.2, 0.25) is 0 Å². The number of hydrogen-bond acceptors (Lipinski definition) is 6. The van der Waals surface area contributed by atoms with Crippen LogP contribution in [0, 0.1) is 11.6 Å². The van der Waals surface area contributed by atoms with E-state index in [2.05, 4.69) is 25.3 Å². The second-order valence-corrected chi connectivity index (χ2v) is 7.26. The summed E-state index contributed by atoms with van der Waals surface area (Å²) in [5.74, 6) is -0.998. The van der Waals surface area contributed by atoms with Crippen LogP contribution >= 0.6 is 0 Å². The summed E-state index contributed by atoms with van der Waals surface area (Å²) >= 11 is 0. The third-order valence-electron chi connectivity index (χ3n) is 5.01. The highest BCUT2D eigenvalue weighted by Gasteiger charge is 2.18. The van der Waals surface area contributed by atoms with Gasteiger partial charge in [-0.25, -0.2) is 18.7 Å². The van der Waals surface area contributed by atoms with Crippen LogP contribution in [-0.4, -0.2) is 36.6 Å². The van der Waals surface area contributed by atoms with Crippen LogP contribution in [-0.2, 0) is 6.54 Å². The molecule has 9 heteroatoms. The normalized spacial score (nSPS) is 11.1. The van der Waals surface area contributed by atoms with Gasteiger partial charge in [0, 0.05) is 5.56 Å². The predicted octanol–water partition coefficient (Wildman–Crippen LogP) is 4.63. The Hall–Kier alpha value is -4.27. The number of ether oxygens (including phenoxy) is 1. The topological polar surface area (TPSA) is 78.6 Å². The Bertz CT molecular complexity index is 1370. The molecule has 0 bridgehead atoms. The fourth-order valence-electron chi connectivity index (χ4n) is 3.40. The molecule has 0 aliphatic carbocycles. The van der Waals surface area contributed by atoms with Crippen LogP contribution in [0.5, 0.6) is 5.75 Å². The molecule has 1 aromatic heterocycles. The molecule has 33 heavy (non-hydrogen) atoms. The molecule has 0 radical (unpaired) electrons. The van der Waals surface area contributed by atoms with E-state index in [1.807, 2.05) is 43.3 Å². The van der Waals surface area contributed by atoms with E-state index in [1.54, 1.807) is 10.9 Å². The first-order valence-corrected chi connectivity index (χ1v) is 10.3. The summed E-state index contributed by atoms with van der Waals surface area (Å²) in [6, 6.07) is 15.4. The van der Waals surface area contributed by atoms with Gasteiger partial charge in [0.15, 0.2) is 17.5 Å². The van der Waals surface area contributed by atoms with E-state index in [0.717, 1.165) is 23.1 Å². The number of nitrogens with zero attached hydrogens (tertiary/aromatic N) is 6. The minimum absolute atomic E-state index is 0.00787. The number of imidazole rings is 1. The Labute approximate surface area is 188 Å². The van der Waals surface area contributed by atoms with Crippen molar-refractivity contribution in [1.82, 2.24) is 29.9 Å². The molecule has 0 saturated heterocycles. The Balaban J connectivity index is 1.35. The highest BCUT2D eigenvalue weighted by molar-refractivity contribution is 5.65. The van der Waals surface area contributed by atoms with Gasteiger partial charge in [0.05, 0.1) is 42.5 Å². The van der Waals surface area contributed by atoms with Crippen LogP contribution in [0.2, 0.25) is 0 Å². The molecule has 5 rings (SSSR count). The maximum absolute atomic E-state index is 14.1. The number of aromatic nitrogens is 6. The SMILES string of the molecule is CCOc1ccc(-c2ccc(Cn3cc4nc(-c5cccc(F)c5F)nc-4cn3)nn2)cc1. The van der Waals surface area contributed by atoms with Gasteiger partial charge in [0.1, 0.15) is 17.1 Å². The lowest BCUT2D eigenvalue weighted by Gasteiger charge is -2.07. The molecule has 3 heterocycles. The largest absolute Gasteiger partial charge is 0.494 e. The standard InChI is InChI=1S/C24H18F2N6O/c1-2-33-17-9-6-15(7-10-17)20-11-8-16(30-31-20)13-32-14-22-21(12-27-32)28-24(29-22)18-4-3-5-19(25)23(18)26/h3-12,14H,2,13H2,1H3. The van der Waals surface area contributed by atoms with Crippen molar-refractivity contribution in [2.45, 2.75) is 13.5 Å². The molecular weight excluding hydrogens is 426 g/mol. The van der Waals surface area contributed by atoms with E-state index in [1.165, 1.54) is 18.3 Å². The van der Waals surface area contributed by atoms with Crippen molar-refractivity contribution in [3.63, 3.8) is 0 Å². The first-order valence-electron chi connectivity index (χ1n) is 10.3. The quantitative estimate of drug-likeness (QED) is 0.380. The van der Waals surface area contributed by atoms with Crippen molar-refractivity contribution in [3.8, 4) is 39.8 Å². The van der Waals surface area contributed by atoms with Crippen LogP contribution in [0.25, 0.3) is 34.0 Å². The summed E-state index contributed by atoms with van der Waals surface area (Å²) in [5, 5.41) is 12.9. The van der Waals surface area contributed by atoms with E-state index in [9.17, 15) is 8.78 Å². The van der Waals surface area contributed by atoms with Crippen molar-refractivity contribution in [3.05, 3.63) is 84.3 Å². The highest BCUT2D eigenvalue weighted by atomic mass is 19.2. The average molecular weight is 444 g/mol. The maximum atomic E-state index is 14.1. The third kappa shape index (κ3) is 4.25. The lowest BCUT2D eigenvalue weighted by atomic mass is 10.1. The second-order valence-electron chi connectivity index (χ2n) is 7.26. The number of hydrogen-bond donors (Lipinski definition) is 0. The Morgan fingerprint density at radius 1 is 0.879 bits per heavy atom. The molecule has 3 aromatic rings. The fraction of sp³-hybridized carbons (Fsp3) is 0.125. The van der Waals surface area contributed by atoms with Gasteiger partial charge < -0.3 is 4.74 Å². The molecule has 2 aliphatic heterocycles. The summed E-state index contributed by atoms with van der Waals surface area (Å²) < 4.78 is 34.7. The predicted molar refractivity (Wildman–Crippen MR) is 118 cm³/mol. The lowest BCUT2D eigenvalue weighted by Crippen LogP contribution is -2.07. The van der Waals surface area contributed by atoms with Crippen LogP contribution in [0.15, 0.2) is 67.0 Å². The number of rotatable bonds is 6. The summed E-state index contributed by atoms with van der Waals surface area (Å²) in [4.78, 5) is 8.60. The number of fused-ring (bicyclic) bond motifs is 1. The number of halogens is 2. The third-order valence-corrected chi connectivity index (χ3v) is 5.01. The molecule has 0 amide bonds. The zero-order valence-corrected chi connectivity index (χ0v) is 17.6. The lowest BCUT2D eigenvalue weighted by molar-refractivity contribution is 0.340. The Morgan fingerprint density at radius 2 is 1.70 bits per heavy atom. The van der Waals surface area contributed by atoms with E-state index in [0.29, 0.717) is 30.2 Å². The van der Waals surface area contributed by atoms with E-state index >= 15 is 0 Å². The Morgan fingerprint density at radius 3 is 2.45 bits per heavy atom.